The molecule has 0 aliphatic carbocycles. The van der Waals surface area contributed by atoms with E-state index in [1.54, 1.807) is 6.07 Å². The Balaban J connectivity index is 1.69. The molecule has 3 rings (SSSR count). The van der Waals surface area contributed by atoms with Crippen LogP contribution in [0.5, 0.6) is 0 Å². The van der Waals surface area contributed by atoms with E-state index in [2.05, 4.69) is 17.3 Å². The monoisotopic (exact) mass is 287 g/mol. The van der Waals surface area contributed by atoms with Crippen LogP contribution in [0.1, 0.15) is 48.0 Å². The molecule has 0 aromatic heterocycles. The van der Waals surface area contributed by atoms with Gasteiger partial charge >= 0.3 is 0 Å². The lowest BCUT2D eigenvalue weighted by molar-refractivity contribution is 0.0463. The number of carbonyl (C=O) groups excluding carboxylic acids is 1. The van der Waals surface area contributed by atoms with Crippen LogP contribution in [-0.4, -0.2) is 36.0 Å². The molecule has 2 aliphatic rings. The van der Waals surface area contributed by atoms with Crippen molar-refractivity contribution in [3.8, 4) is 0 Å². The Bertz CT molecular complexity index is 529. The van der Waals surface area contributed by atoms with E-state index in [1.807, 2.05) is 19.1 Å². The number of rotatable bonds is 2. The molecule has 2 unspecified atom stereocenters. The number of hydrogen-bond acceptors (Lipinski definition) is 3. The molecular formula is C17H25N3O. The first-order valence-corrected chi connectivity index (χ1v) is 7.93. The number of aryl methyl sites for hydroxylation is 1. The molecule has 3 N–H and O–H groups in total. The molecule has 21 heavy (non-hydrogen) atoms. The Morgan fingerprint density at radius 1 is 1.29 bits per heavy atom. The van der Waals surface area contributed by atoms with Crippen molar-refractivity contribution in [1.29, 1.82) is 0 Å². The van der Waals surface area contributed by atoms with Crippen LogP contribution in [0.4, 0.5) is 5.69 Å². The lowest BCUT2D eigenvalue weighted by Gasteiger charge is -2.47. The Morgan fingerprint density at radius 3 is 2.62 bits per heavy atom. The number of nitrogens with one attached hydrogen (secondary N) is 1. The summed E-state index contributed by atoms with van der Waals surface area (Å²) in [5, 5.41) is 3.23. The van der Waals surface area contributed by atoms with E-state index in [0.29, 0.717) is 29.4 Å². The standard InChI is InChI=1S/C17H25N3O/c1-11-6-7-12(18)8-16(11)17(21)19-13-9-14-4-3-5-15(10-13)20(14)2/h6-8,13-15H,3-5,9-10,18H2,1-2H3,(H,19,21). The fourth-order valence-corrected chi connectivity index (χ4v) is 3.88. The number of nitrogens with two attached hydrogens (primary N) is 1. The smallest absolute Gasteiger partial charge is 0.251 e. The van der Waals surface area contributed by atoms with Gasteiger partial charge in [-0.25, -0.2) is 0 Å². The third-order valence-corrected chi connectivity index (χ3v) is 5.18. The van der Waals surface area contributed by atoms with Gasteiger partial charge in [-0.1, -0.05) is 12.5 Å². The van der Waals surface area contributed by atoms with Gasteiger partial charge in [-0.05, 0) is 57.4 Å². The summed E-state index contributed by atoms with van der Waals surface area (Å²) < 4.78 is 0. The molecule has 2 heterocycles. The second-order valence-corrected chi connectivity index (χ2v) is 6.62. The molecule has 2 bridgehead atoms. The first-order chi connectivity index (χ1) is 10.0. The zero-order chi connectivity index (χ0) is 15.0. The predicted octanol–water partition coefficient (Wildman–Crippen LogP) is 2.32. The number of nitrogen functional groups attached to an aromatic ring is 1. The molecule has 114 valence electrons. The average molecular weight is 287 g/mol. The fourth-order valence-electron chi connectivity index (χ4n) is 3.88. The van der Waals surface area contributed by atoms with Gasteiger partial charge in [-0.3, -0.25) is 4.79 Å². The molecular weight excluding hydrogens is 262 g/mol. The Morgan fingerprint density at radius 2 is 1.95 bits per heavy atom. The molecule has 2 aliphatic heterocycles. The van der Waals surface area contributed by atoms with Crippen molar-refractivity contribution >= 4 is 11.6 Å². The number of carbonyl (C=O) groups is 1. The van der Waals surface area contributed by atoms with Crippen molar-refractivity contribution in [3.05, 3.63) is 29.3 Å². The zero-order valence-electron chi connectivity index (χ0n) is 12.9. The minimum atomic E-state index is 0.0208. The lowest BCUT2D eigenvalue weighted by atomic mass is 9.82. The van der Waals surface area contributed by atoms with Crippen molar-refractivity contribution in [1.82, 2.24) is 10.2 Å². The minimum absolute atomic E-state index is 0.0208. The second-order valence-electron chi connectivity index (χ2n) is 6.62. The summed E-state index contributed by atoms with van der Waals surface area (Å²) in [5.74, 6) is 0.0208. The SMILES string of the molecule is Cc1ccc(N)cc1C(=O)NC1CC2CCCC(C1)N2C. The first-order valence-electron chi connectivity index (χ1n) is 7.93. The van der Waals surface area contributed by atoms with Crippen LogP contribution < -0.4 is 11.1 Å². The Kier molecular flexibility index (Phi) is 3.89. The van der Waals surface area contributed by atoms with E-state index in [-0.39, 0.29) is 5.91 Å². The molecule has 0 radical (unpaired) electrons. The predicted molar refractivity (Wildman–Crippen MR) is 85.3 cm³/mol. The van der Waals surface area contributed by atoms with Gasteiger partial charge in [0.05, 0.1) is 0 Å². The van der Waals surface area contributed by atoms with Crippen molar-refractivity contribution in [3.63, 3.8) is 0 Å². The first kappa shape index (κ1) is 14.4. The number of anilines is 1. The van der Waals surface area contributed by atoms with E-state index in [1.165, 1.54) is 19.3 Å². The number of amides is 1. The van der Waals surface area contributed by atoms with Crippen LogP contribution in [0.25, 0.3) is 0 Å². The van der Waals surface area contributed by atoms with E-state index in [4.69, 9.17) is 5.73 Å². The molecule has 0 saturated carbocycles. The highest BCUT2D eigenvalue weighted by atomic mass is 16.1. The van der Waals surface area contributed by atoms with Gasteiger partial charge in [0.2, 0.25) is 0 Å². The van der Waals surface area contributed by atoms with Crippen LogP contribution in [0.3, 0.4) is 0 Å². The maximum absolute atomic E-state index is 12.5. The quantitative estimate of drug-likeness (QED) is 0.821. The number of benzene rings is 1. The van der Waals surface area contributed by atoms with Crippen LogP contribution in [0.2, 0.25) is 0 Å². The van der Waals surface area contributed by atoms with Gasteiger partial charge in [-0.2, -0.15) is 0 Å². The maximum Gasteiger partial charge on any atom is 0.251 e. The van der Waals surface area contributed by atoms with E-state index in [9.17, 15) is 4.79 Å². The molecule has 4 nitrogen and oxygen atoms in total. The zero-order valence-corrected chi connectivity index (χ0v) is 12.9. The van der Waals surface area contributed by atoms with Crippen molar-refractivity contribution < 1.29 is 4.79 Å². The average Bonchev–Trinajstić information content (AvgIpc) is 2.42. The molecule has 0 spiro atoms. The molecule has 2 atom stereocenters. The normalized spacial score (nSPS) is 29.1. The highest BCUT2D eigenvalue weighted by molar-refractivity contribution is 5.96. The van der Waals surface area contributed by atoms with Crippen molar-refractivity contribution in [2.45, 2.75) is 57.2 Å². The Hall–Kier alpha value is -1.55. The number of nitrogens with zero attached hydrogens (tertiary/aromatic N) is 1. The summed E-state index contributed by atoms with van der Waals surface area (Å²) in [6, 6.07) is 7.08. The van der Waals surface area contributed by atoms with Crippen molar-refractivity contribution in [2.75, 3.05) is 12.8 Å². The highest BCUT2D eigenvalue weighted by Crippen LogP contribution is 2.32. The maximum atomic E-state index is 12.5. The van der Waals surface area contributed by atoms with Crippen molar-refractivity contribution in [2.24, 2.45) is 0 Å². The molecule has 4 heteroatoms. The van der Waals surface area contributed by atoms with Gasteiger partial charge < -0.3 is 16.0 Å². The topological polar surface area (TPSA) is 58.4 Å². The number of piperidine rings is 2. The summed E-state index contributed by atoms with van der Waals surface area (Å²) in [4.78, 5) is 15.0. The summed E-state index contributed by atoms with van der Waals surface area (Å²) in [6.07, 6.45) is 5.99. The highest BCUT2D eigenvalue weighted by Gasteiger charge is 2.36. The van der Waals surface area contributed by atoms with Gasteiger partial charge in [-0.15, -0.1) is 0 Å². The van der Waals surface area contributed by atoms with Gasteiger partial charge in [0, 0.05) is 29.4 Å². The molecule has 2 saturated heterocycles. The van der Waals surface area contributed by atoms with Crippen LogP contribution in [-0.2, 0) is 0 Å². The molecule has 1 aromatic carbocycles. The van der Waals surface area contributed by atoms with Crippen LogP contribution in [0, 0.1) is 6.92 Å². The molecule has 2 fully saturated rings. The largest absolute Gasteiger partial charge is 0.399 e. The Labute approximate surface area is 126 Å². The minimum Gasteiger partial charge on any atom is -0.399 e. The van der Waals surface area contributed by atoms with E-state index < -0.39 is 0 Å². The molecule has 1 amide bonds. The second kappa shape index (κ2) is 5.68. The third-order valence-electron chi connectivity index (χ3n) is 5.18. The summed E-state index contributed by atoms with van der Waals surface area (Å²) in [7, 11) is 2.23. The number of hydrogen-bond donors (Lipinski definition) is 2. The molecule has 1 aromatic rings. The van der Waals surface area contributed by atoms with Crippen LogP contribution in [0.15, 0.2) is 18.2 Å². The van der Waals surface area contributed by atoms with Crippen LogP contribution >= 0.6 is 0 Å². The summed E-state index contributed by atoms with van der Waals surface area (Å²) >= 11 is 0. The van der Waals surface area contributed by atoms with Gasteiger partial charge in [0.1, 0.15) is 0 Å². The number of fused-ring (bicyclic) bond motifs is 2. The fraction of sp³-hybridized carbons (Fsp3) is 0.588. The van der Waals surface area contributed by atoms with Gasteiger partial charge in [0.15, 0.2) is 0 Å². The van der Waals surface area contributed by atoms with E-state index in [0.717, 1.165) is 18.4 Å². The summed E-state index contributed by atoms with van der Waals surface area (Å²) in [5.41, 5.74) is 8.14. The lowest BCUT2D eigenvalue weighted by Crippen LogP contribution is -2.55. The third kappa shape index (κ3) is 2.91. The summed E-state index contributed by atoms with van der Waals surface area (Å²) in [6.45, 7) is 1.96. The van der Waals surface area contributed by atoms with E-state index >= 15 is 0 Å². The van der Waals surface area contributed by atoms with Gasteiger partial charge in [0.25, 0.3) is 5.91 Å².